The average molecular weight is 585 g/mol. The number of fused-ring (bicyclic) bond motifs is 1. The first-order valence-corrected chi connectivity index (χ1v) is 13.4. The second kappa shape index (κ2) is 11.3. The van der Waals surface area contributed by atoms with Crippen molar-refractivity contribution in [2.45, 2.75) is 82.2 Å². The van der Waals surface area contributed by atoms with Crippen molar-refractivity contribution in [2.75, 3.05) is 0 Å². The lowest BCUT2D eigenvalue weighted by molar-refractivity contribution is -0.145. The Morgan fingerprint density at radius 3 is 2.59 bits per heavy atom. The molecule has 5 rings (SSSR count). The summed E-state index contributed by atoms with van der Waals surface area (Å²) >= 11 is 0. The van der Waals surface area contributed by atoms with Gasteiger partial charge in [-0.25, -0.2) is 18.3 Å². The van der Waals surface area contributed by atoms with E-state index in [1.807, 2.05) is 0 Å². The summed E-state index contributed by atoms with van der Waals surface area (Å²) in [5.74, 6) is -4.15. The summed E-state index contributed by atoms with van der Waals surface area (Å²) in [6, 6.07) is 0.631. The second-order valence-corrected chi connectivity index (χ2v) is 10.8. The molecule has 2 aliphatic rings. The minimum absolute atomic E-state index is 0.0714. The molecule has 2 saturated carbocycles. The van der Waals surface area contributed by atoms with E-state index in [-0.39, 0.29) is 48.4 Å². The van der Waals surface area contributed by atoms with Crippen molar-refractivity contribution in [2.24, 2.45) is 11.8 Å². The lowest BCUT2D eigenvalue weighted by Crippen LogP contribution is -2.37. The van der Waals surface area contributed by atoms with Crippen LogP contribution in [-0.4, -0.2) is 48.8 Å². The molecule has 41 heavy (non-hydrogen) atoms. The Kier molecular flexibility index (Phi) is 7.99. The zero-order valence-corrected chi connectivity index (χ0v) is 21.8. The molecule has 0 unspecified atom stereocenters. The Labute approximate surface area is 230 Å². The summed E-state index contributed by atoms with van der Waals surface area (Å²) in [7, 11) is 0. The fourth-order valence-corrected chi connectivity index (χ4v) is 5.01. The Morgan fingerprint density at radius 2 is 1.90 bits per heavy atom. The number of aliphatic hydroxyl groups is 1. The number of nitrogens with zero attached hydrogens (tertiary/aromatic N) is 4. The van der Waals surface area contributed by atoms with Crippen molar-refractivity contribution in [3.63, 3.8) is 0 Å². The molecule has 0 radical (unpaired) electrons. The van der Waals surface area contributed by atoms with E-state index in [0.717, 1.165) is 12.8 Å². The maximum Gasteiger partial charge on any atom is 0.389 e. The average Bonchev–Trinajstić information content (AvgIpc) is 3.42. The Morgan fingerprint density at radius 1 is 1.17 bits per heavy atom. The molecule has 3 aromatic rings. The number of carbonyl (C=O) groups is 2. The fourth-order valence-electron chi connectivity index (χ4n) is 5.01. The van der Waals surface area contributed by atoms with Crippen LogP contribution in [0.25, 0.3) is 5.65 Å². The van der Waals surface area contributed by atoms with Crippen LogP contribution in [-0.2, 0) is 11.2 Å². The van der Waals surface area contributed by atoms with Crippen LogP contribution >= 0.6 is 0 Å². The van der Waals surface area contributed by atoms with Crippen LogP contribution in [0.5, 0.6) is 0 Å². The zero-order chi connectivity index (χ0) is 29.4. The number of hydrogen-bond acceptors (Lipinski definition) is 7. The highest BCUT2D eigenvalue weighted by Crippen LogP contribution is 2.41. The standard InChI is InChI=1S/C26H29F5N6O4/c27-25(28)6-3-15(4-7-25)22(35-24(40)17-13-41-36-18(17)9-14-1-2-14)19-12-37-20(33-19)10-16(11-32-37)23(39)34-21(38)5-8-26(29,30)31/h10-15,22-23,39H,1-9H2,(H,34,38)(H,35,40)/t22-,23+/m0/s1. The van der Waals surface area contributed by atoms with Crippen LogP contribution in [0.15, 0.2) is 29.2 Å². The number of imidazole rings is 1. The number of aliphatic hydroxyl groups excluding tert-OH is 1. The predicted molar refractivity (Wildman–Crippen MR) is 131 cm³/mol. The lowest BCUT2D eigenvalue weighted by atomic mass is 9.81. The lowest BCUT2D eigenvalue weighted by Gasteiger charge is -2.33. The van der Waals surface area contributed by atoms with Gasteiger partial charge in [-0.15, -0.1) is 0 Å². The topological polar surface area (TPSA) is 135 Å². The molecule has 0 aromatic carbocycles. The van der Waals surface area contributed by atoms with Crippen LogP contribution in [0.3, 0.4) is 0 Å². The first kappa shape index (κ1) is 28.9. The van der Waals surface area contributed by atoms with E-state index < -0.39 is 49.0 Å². The molecule has 2 amide bonds. The number of hydrogen-bond donors (Lipinski definition) is 3. The number of carbonyl (C=O) groups excluding carboxylic acids is 2. The van der Waals surface area contributed by atoms with Gasteiger partial charge in [-0.05, 0) is 50.0 Å². The first-order valence-electron chi connectivity index (χ1n) is 13.4. The van der Waals surface area contributed by atoms with E-state index in [0.29, 0.717) is 23.7 Å². The highest BCUT2D eigenvalue weighted by Gasteiger charge is 2.40. The number of aromatic nitrogens is 4. The summed E-state index contributed by atoms with van der Waals surface area (Å²) < 4.78 is 71.5. The van der Waals surface area contributed by atoms with Gasteiger partial charge in [0.25, 0.3) is 5.91 Å². The Balaban J connectivity index is 1.35. The molecule has 2 aliphatic carbocycles. The van der Waals surface area contributed by atoms with Crippen LogP contribution < -0.4 is 10.6 Å². The van der Waals surface area contributed by atoms with E-state index in [4.69, 9.17) is 4.52 Å². The van der Waals surface area contributed by atoms with Crippen molar-refractivity contribution < 1.29 is 41.2 Å². The monoisotopic (exact) mass is 584 g/mol. The molecule has 15 heteroatoms. The minimum Gasteiger partial charge on any atom is -0.369 e. The van der Waals surface area contributed by atoms with E-state index in [9.17, 15) is 36.6 Å². The molecule has 3 heterocycles. The van der Waals surface area contributed by atoms with Crippen molar-refractivity contribution >= 4 is 17.5 Å². The van der Waals surface area contributed by atoms with Crippen molar-refractivity contribution in [1.82, 2.24) is 30.4 Å². The molecule has 0 bridgehead atoms. The molecule has 0 aliphatic heterocycles. The van der Waals surface area contributed by atoms with E-state index in [1.54, 1.807) is 0 Å². The molecule has 10 nitrogen and oxygen atoms in total. The van der Waals surface area contributed by atoms with E-state index in [1.165, 1.54) is 29.2 Å². The summed E-state index contributed by atoms with van der Waals surface area (Å²) in [5.41, 5.74) is 1.44. The molecule has 3 aromatic heterocycles. The maximum atomic E-state index is 13.9. The van der Waals surface area contributed by atoms with E-state index >= 15 is 0 Å². The van der Waals surface area contributed by atoms with Crippen LogP contribution in [0.4, 0.5) is 22.0 Å². The number of alkyl halides is 5. The first-order chi connectivity index (χ1) is 19.4. The quantitative estimate of drug-likeness (QED) is 0.237. The van der Waals surface area contributed by atoms with Gasteiger partial charge in [0.05, 0.1) is 36.2 Å². The smallest absolute Gasteiger partial charge is 0.369 e. The van der Waals surface area contributed by atoms with Gasteiger partial charge in [-0.2, -0.15) is 18.3 Å². The summed E-state index contributed by atoms with van der Waals surface area (Å²) in [5, 5.41) is 23.5. The second-order valence-electron chi connectivity index (χ2n) is 10.8. The Bertz CT molecular complexity index is 1390. The van der Waals surface area contributed by atoms with Gasteiger partial charge in [0.15, 0.2) is 11.9 Å². The summed E-state index contributed by atoms with van der Waals surface area (Å²) in [4.78, 5) is 29.6. The van der Waals surface area contributed by atoms with Gasteiger partial charge in [0.2, 0.25) is 11.8 Å². The molecule has 2 atom stereocenters. The zero-order valence-electron chi connectivity index (χ0n) is 21.8. The minimum atomic E-state index is -4.51. The van der Waals surface area contributed by atoms with Crippen molar-refractivity contribution in [1.29, 1.82) is 0 Å². The van der Waals surface area contributed by atoms with Gasteiger partial charge >= 0.3 is 6.18 Å². The summed E-state index contributed by atoms with van der Waals surface area (Å²) in [6.07, 6.45) is -1.99. The Hall–Kier alpha value is -3.62. The number of nitrogens with one attached hydrogen (secondary N) is 2. The number of amides is 2. The van der Waals surface area contributed by atoms with Crippen molar-refractivity contribution in [3.05, 3.63) is 47.2 Å². The predicted octanol–water partition coefficient (Wildman–Crippen LogP) is 4.42. The molecule has 3 N–H and O–H groups in total. The van der Waals surface area contributed by atoms with Crippen LogP contribution in [0.2, 0.25) is 0 Å². The maximum absolute atomic E-state index is 13.9. The molecule has 0 spiro atoms. The van der Waals surface area contributed by atoms with Gasteiger partial charge in [-0.1, -0.05) is 5.16 Å². The molecule has 2 fully saturated rings. The molecule has 0 saturated heterocycles. The largest absolute Gasteiger partial charge is 0.389 e. The third-order valence-electron chi connectivity index (χ3n) is 7.52. The number of rotatable bonds is 10. The third-order valence-corrected chi connectivity index (χ3v) is 7.52. The SMILES string of the molecule is O=C(CCC(F)(F)F)N[C@H](O)c1cnn2cc([C@@H](NC(=O)c3conc3CC3CC3)C3CCC(F)(F)CC3)nc2c1. The normalized spacial score (nSPS) is 19.2. The molecule has 222 valence electrons. The molecular weight excluding hydrogens is 555 g/mol. The van der Waals surface area contributed by atoms with Gasteiger partial charge in [-0.3, -0.25) is 9.59 Å². The summed E-state index contributed by atoms with van der Waals surface area (Å²) in [6.45, 7) is 0. The van der Waals surface area contributed by atoms with Crippen LogP contribution in [0.1, 0.15) is 90.9 Å². The van der Waals surface area contributed by atoms with Gasteiger partial charge < -0.3 is 20.3 Å². The van der Waals surface area contributed by atoms with Crippen LogP contribution in [0, 0.1) is 11.8 Å². The fraction of sp³-hybridized carbons (Fsp3) is 0.577. The van der Waals surface area contributed by atoms with Crippen molar-refractivity contribution in [3.8, 4) is 0 Å². The van der Waals surface area contributed by atoms with Gasteiger partial charge in [0.1, 0.15) is 11.8 Å². The van der Waals surface area contributed by atoms with E-state index in [2.05, 4.69) is 25.9 Å². The highest BCUT2D eigenvalue weighted by molar-refractivity contribution is 5.95. The highest BCUT2D eigenvalue weighted by atomic mass is 19.4. The number of halogens is 5. The molecular formula is C26H29F5N6O4. The third kappa shape index (κ3) is 7.37. The van der Waals surface area contributed by atoms with Gasteiger partial charge in [0, 0.05) is 24.8 Å².